The van der Waals surface area contributed by atoms with Crippen molar-refractivity contribution >= 4 is 38.2 Å². The summed E-state index contributed by atoms with van der Waals surface area (Å²) in [4.78, 5) is 15.9. The van der Waals surface area contributed by atoms with Crippen LogP contribution in [-0.2, 0) is 10.0 Å². The Morgan fingerprint density at radius 2 is 1.69 bits per heavy atom. The lowest BCUT2D eigenvalue weighted by Gasteiger charge is -2.20. The number of hydrogen-bond donors (Lipinski definition) is 2. The molecule has 0 aliphatic rings. The van der Waals surface area contributed by atoms with Gasteiger partial charge >= 0.3 is 0 Å². The second-order valence-electron chi connectivity index (χ2n) is 6.53. The van der Waals surface area contributed by atoms with E-state index in [9.17, 15) is 13.2 Å². The molecule has 4 rings (SSSR count). The molecule has 0 unspecified atom stereocenters. The fraction of sp³-hybridized carbons (Fsp3) is 0.0455. The van der Waals surface area contributed by atoms with E-state index in [-0.39, 0.29) is 10.8 Å². The monoisotopic (exact) mass is 405 g/mol. The number of H-pyrrole nitrogens is 1. The minimum atomic E-state index is -3.76. The van der Waals surface area contributed by atoms with E-state index >= 15 is 0 Å². The van der Waals surface area contributed by atoms with E-state index < -0.39 is 10.0 Å². The van der Waals surface area contributed by atoms with Crippen molar-refractivity contribution in [3.05, 3.63) is 90.6 Å². The van der Waals surface area contributed by atoms with Gasteiger partial charge in [-0.25, -0.2) is 8.42 Å². The molecule has 146 valence electrons. The Hall–Kier alpha value is -3.58. The lowest BCUT2D eigenvalue weighted by Crippen LogP contribution is -2.26. The van der Waals surface area contributed by atoms with E-state index in [1.54, 1.807) is 54.7 Å². The van der Waals surface area contributed by atoms with Crippen LogP contribution in [0, 0.1) is 0 Å². The Morgan fingerprint density at radius 3 is 2.48 bits per heavy atom. The minimum Gasteiger partial charge on any atom is -0.361 e. The van der Waals surface area contributed by atoms with Crippen LogP contribution in [0.15, 0.2) is 90.0 Å². The van der Waals surface area contributed by atoms with Gasteiger partial charge in [-0.2, -0.15) is 0 Å². The number of amides is 1. The first-order chi connectivity index (χ1) is 14.0. The van der Waals surface area contributed by atoms with Crippen LogP contribution < -0.4 is 9.62 Å². The van der Waals surface area contributed by atoms with E-state index in [2.05, 4.69) is 10.3 Å². The van der Waals surface area contributed by atoms with Crippen LogP contribution in [0.4, 0.5) is 11.4 Å². The second kappa shape index (κ2) is 7.44. The summed E-state index contributed by atoms with van der Waals surface area (Å²) in [7, 11) is -2.26. The number of nitrogens with one attached hydrogen (secondary N) is 2. The largest absolute Gasteiger partial charge is 0.361 e. The molecule has 29 heavy (non-hydrogen) atoms. The molecule has 0 aliphatic heterocycles. The van der Waals surface area contributed by atoms with Crippen molar-refractivity contribution in [1.82, 2.24) is 4.98 Å². The number of benzene rings is 3. The van der Waals surface area contributed by atoms with Gasteiger partial charge in [0.05, 0.1) is 10.6 Å². The highest BCUT2D eigenvalue weighted by molar-refractivity contribution is 7.92. The maximum atomic E-state index is 13.0. The van der Waals surface area contributed by atoms with E-state index in [1.807, 2.05) is 18.2 Å². The Bertz CT molecular complexity index is 1280. The van der Waals surface area contributed by atoms with Gasteiger partial charge in [0.15, 0.2) is 0 Å². The van der Waals surface area contributed by atoms with Gasteiger partial charge in [0.2, 0.25) is 0 Å². The molecule has 0 spiro atoms. The summed E-state index contributed by atoms with van der Waals surface area (Å²) in [6.45, 7) is 0. The Labute approximate surface area is 168 Å². The number of para-hydroxylation sites is 1. The fourth-order valence-electron chi connectivity index (χ4n) is 3.15. The molecule has 0 aliphatic carbocycles. The number of rotatable bonds is 5. The summed E-state index contributed by atoms with van der Waals surface area (Å²) in [5.74, 6) is -0.304. The van der Waals surface area contributed by atoms with E-state index in [1.165, 1.54) is 23.5 Å². The normalized spacial score (nSPS) is 11.3. The molecule has 0 atom stereocenters. The molecule has 0 saturated carbocycles. The van der Waals surface area contributed by atoms with Crippen LogP contribution in [0.3, 0.4) is 0 Å². The highest BCUT2D eigenvalue weighted by Gasteiger charge is 2.22. The van der Waals surface area contributed by atoms with Crippen LogP contribution in [0.1, 0.15) is 10.4 Å². The zero-order chi connectivity index (χ0) is 20.4. The van der Waals surface area contributed by atoms with Crippen LogP contribution in [-0.4, -0.2) is 26.4 Å². The van der Waals surface area contributed by atoms with Crippen molar-refractivity contribution in [2.45, 2.75) is 4.90 Å². The molecule has 0 radical (unpaired) electrons. The molecule has 3 aromatic carbocycles. The highest BCUT2D eigenvalue weighted by atomic mass is 32.2. The third kappa shape index (κ3) is 3.60. The zero-order valence-electron chi connectivity index (χ0n) is 15.7. The smallest absolute Gasteiger partial charge is 0.264 e. The number of anilines is 2. The fourth-order valence-corrected chi connectivity index (χ4v) is 4.39. The standard InChI is InChI=1S/C22H19N3O3S/c1-25(17-8-3-2-4-9-17)29(27,28)18-10-5-7-16(15-18)24-22(26)20-11-6-12-21-19(20)13-14-23-21/h2-15,23H,1H3,(H,24,26). The van der Waals surface area contributed by atoms with Gasteiger partial charge in [-0.15, -0.1) is 0 Å². The minimum absolute atomic E-state index is 0.0986. The number of nitrogens with zero attached hydrogens (tertiary/aromatic N) is 1. The number of aromatic nitrogens is 1. The van der Waals surface area contributed by atoms with Crippen molar-refractivity contribution in [3.63, 3.8) is 0 Å². The molecule has 0 fully saturated rings. The topological polar surface area (TPSA) is 82.3 Å². The van der Waals surface area contributed by atoms with Crippen LogP contribution in [0.25, 0.3) is 10.9 Å². The number of carbonyl (C=O) groups excluding carboxylic acids is 1. The summed E-state index contributed by atoms with van der Waals surface area (Å²) in [5, 5.41) is 3.60. The van der Waals surface area contributed by atoms with Crippen LogP contribution in [0.5, 0.6) is 0 Å². The summed E-state index contributed by atoms with van der Waals surface area (Å²) in [6, 6.07) is 22.3. The van der Waals surface area contributed by atoms with E-state index in [0.717, 1.165) is 10.9 Å². The molecule has 0 saturated heterocycles. The van der Waals surface area contributed by atoms with Crippen LogP contribution >= 0.6 is 0 Å². The van der Waals surface area contributed by atoms with Gasteiger partial charge in [-0.1, -0.05) is 30.3 Å². The molecule has 4 aromatic rings. The molecular weight excluding hydrogens is 386 g/mol. The first-order valence-electron chi connectivity index (χ1n) is 8.98. The van der Waals surface area contributed by atoms with Gasteiger partial charge in [0.25, 0.3) is 15.9 Å². The van der Waals surface area contributed by atoms with Crippen molar-refractivity contribution in [3.8, 4) is 0 Å². The molecule has 7 heteroatoms. The first-order valence-corrected chi connectivity index (χ1v) is 10.4. The predicted molar refractivity (Wildman–Crippen MR) is 115 cm³/mol. The van der Waals surface area contributed by atoms with E-state index in [0.29, 0.717) is 16.9 Å². The number of carbonyl (C=O) groups is 1. The van der Waals surface area contributed by atoms with E-state index in [4.69, 9.17) is 0 Å². The lowest BCUT2D eigenvalue weighted by atomic mass is 10.1. The lowest BCUT2D eigenvalue weighted by molar-refractivity contribution is 0.102. The van der Waals surface area contributed by atoms with Crippen LogP contribution in [0.2, 0.25) is 0 Å². The summed E-state index contributed by atoms with van der Waals surface area (Å²) >= 11 is 0. The zero-order valence-corrected chi connectivity index (χ0v) is 16.5. The first kappa shape index (κ1) is 18.8. The quantitative estimate of drug-likeness (QED) is 0.521. The van der Waals surface area contributed by atoms with Crippen molar-refractivity contribution in [1.29, 1.82) is 0 Å². The summed E-state index contributed by atoms with van der Waals surface area (Å²) in [5.41, 5.74) is 2.34. The maximum Gasteiger partial charge on any atom is 0.264 e. The van der Waals surface area contributed by atoms with Crippen molar-refractivity contribution in [2.75, 3.05) is 16.7 Å². The molecule has 2 N–H and O–H groups in total. The van der Waals surface area contributed by atoms with Gasteiger partial charge in [-0.3, -0.25) is 9.10 Å². The molecule has 1 aromatic heterocycles. The molecule has 6 nitrogen and oxygen atoms in total. The molecule has 0 bridgehead atoms. The Morgan fingerprint density at radius 1 is 0.931 bits per heavy atom. The summed E-state index contributed by atoms with van der Waals surface area (Å²) in [6.07, 6.45) is 1.77. The number of sulfonamides is 1. The molecule has 1 amide bonds. The van der Waals surface area contributed by atoms with Gasteiger partial charge < -0.3 is 10.3 Å². The maximum absolute atomic E-state index is 13.0. The number of fused-ring (bicyclic) bond motifs is 1. The number of aromatic amines is 1. The molecular formula is C22H19N3O3S. The van der Waals surface area contributed by atoms with Gasteiger partial charge in [0.1, 0.15) is 0 Å². The second-order valence-corrected chi connectivity index (χ2v) is 8.50. The Balaban J connectivity index is 1.62. The number of hydrogen-bond acceptors (Lipinski definition) is 3. The third-order valence-electron chi connectivity index (χ3n) is 4.71. The van der Waals surface area contributed by atoms with Crippen molar-refractivity contribution in [2.24, 2.45) is 0 Å². The Kier molecular flexibility index (Phi) is 4.82. The highest BCUT2D eigenvalue weighted by Crippen LogP contribution is 2.24. The molecule has 1 heterocycles. The average molecular weight is 405 g/mol. The van der Waals surface area contributed by atoms with Gasteiger partial charge in [0, 0.05) is 35.4 Å². The third-order valence-corrected chi connectivity index (χ3v) is 6.49. The predicted octanol–water partition coefficient (Wildman–Crippen LogP) is 4.25. The SMILES string of the molecule is CN(c1ccccc1)S(=O)(=O)c1cccc(NC(=O)c2cccc3[nH]ccc23)c1. The van der Waals surface area contributed by atoms with Crippen molar-refractivity contribution < 1.29 is 13.2 Å². The summed E-state index contributed by atoms with van der Waals surface area (Å²) < 4.78 is 27.2. The average Bonchev–Trinajstić information content (AvgIpc) is 3.23. The van der Waals surface area contributed by atoms with Gasteiger partial charge in [-0.05, 0) is 48.5 Å².